The van der Waals surface area contributed by atoms with Crippen molar-refractivity contribution in [1.82, 2.24) is 0 Å². The van der Waals surface area contributed by atoms with E-state index < -0.39 is 0 Å². The van der Waals surface area contributed by atoms with Crippen LogP contribution < -0.4 is 0 Å². The Kier molecular flexibility index (Phi) is 2.28. The van der Waals surface area contributed by atoms with Gasteiger partial charge >= 0.3 is 5.97 Å². The number of hydrogen-bond donors (Lipinski definition) is 0. The Hall–Kier alpha value is -0.220. The SMILES string of the molecule is CC(=O)O[C@H]1C[C@H]2CSC[C@@H]1O2. The number of hydrogen-bond acceptors (Lipinski definition) is 4. The van der Waals surface area contributed by atoms with Gasteiger partial charge in [0.25, 0.3) is 0 Å². The van der Waals surface area contributed by atoms with Crippen LogP contribution in [0.2, 0.25) is 0 Å². The molecular formula is C8H12O3S. The van der Waals surface area contributed by atoms with Crippen LogP contribution in [-0.4, -0.2) is 35.8 Å². The summed E-state index contributed by atoms with van der Waals surface area (Å²) in [5.74, 6) is 1.82. The minimum absolute atomic E-state index is 0.0162. The van der Waals surface area contributed by atoms with Crippen LogP contribution >= 0.6 is 11.8 Å². The zero-order valence-corrected chi connectivity index (χ0v) is 7.80. The normalized spacial score (nSPS) is 39.6. The van der Waals surface area contributed by atoms with Crippen LogP contribution in [-0.2, 0) is 14.3 Å². The Labute approximate surface area is 75.8 Å². The number of fused-ring (bicyclic) bond motifs is 2. The average Bonchev–Trinajstić information content (AvgIpc) is 2.26. The molecule has 0 aliphatic carbocycles. The van der Waals surface area contributed by atoms with Gasteiger partial charge in [0.05, 0.1) is 6.10 Å². The third kappa shape index (κ3) is 1.59. The fourth-order valence-corrected chi connectivity index (χ4v) is 2.85. The molecule has 0 saturated carbocycles. The van der Waals surface area contributed by atoms with Crippen LogP contribution in [0.15, 0.2) is 0 Å². The van der Waals surface area contributed by atoms with E-state index in [1.54, 1.807) is 0 Å². The van der Waals surface area contributed by atoms with Crippen LogP contribution in [0.25, 0.3) is 0 Å². The first kappa shape index (κ1) is 8.38. The standard InChI is InChI=1S/C8H12O3S/c1-5(9)10-7-2-6-3-12-4-8(7)11-6/h6-8H,2-4H2,1H3/t6-,7-,8-/m0/s1. The maximum absolute atomic E-state index is 10.7. The Morgan fingerprint density at radius 1 is 1.58 bits per heavy atom. The molecule has 0 aromatic rings. The van der Waals surface area contributed by atoms with Gasteiger partial charge in [-0.25, -0.2) is 0 Å². The molecule has 0 radical (unpaired) electrons. The van der Waals surface area contributed by atoms with Crippen LogP contribution in [0.5, 0.6) is 0 Å². The van der Waals surface area contributed by atoms with Crippen LogP contribution in [0.3, 0.4) is 0 Å². The number of carbonyl (C=O) groups excluding carboxylic acids is 1. The number of ether oxygens (including phenoxy) is 2. The molecule has 0 N–H and O–H groups in total. The van der Waals surface area contributed by atoms with Gasteiger partial charge in [0.2, 0.25) is 0 Å². The molecule has 68 valence electrons. The number of esters is 1. The molecule has 2 aliphatic rings. The van der Waals surface area contributed by atoms with E-state index >= 15 is 0 Å². The van der Waals surface area contributed by atoms with Crippen molar-refractivity contribution in [2.24, 2.45) is 0 Å². The fraction of sp³-hybridized carbons (Fsp3) is 0.875. The molecule has 3 nitrogen and oxygen atoms in total. The van der Waals surface area contributed by atoms with Gasteiger partial charge in [-0.05, 0) is 0 Å². The highest BCUT2D eigenvalue weighted by molar-refractivity contribution is 7.99. The van der Waals surface area contributed by atoms with E-state index in [-0.39, 0.29) is 18.2 Å². The summed E-state index contributed by atoms with van der Waals surface area (Å²) in [5.41, 5.74) is 0. The van der Waals surface area contributed by atoms with Crippen molar-refractivity contribution in [2.45, 2.75) is 31.7 Å². The topological polar surface area (TPSA) is 35.5 Å². The minimum Gasteiger partial charge on any atom is -0.460 e. The van der Waals surface area contributed by atoms with Crippen molar-refractivity contribution in [2.75, 3.05) is 11.5 Å². The van der Waals surface area contributed by atoms with E-state index in [0.717, 1.165) is 17.9 Å². The fourth-order valence-electron chi connectivity index (χ4n) is 1.71. The van der Waals surface area contributed by atoms with E-state index in [9.17, 15) is 4.79 Å². The zero-order chi connectivity index (χ0) is 8.55. The van der Waals surface area contributed by atoms with E-state index in [0.29, 0.717) is 6.10 Å². The van der Waals surface area contributed by atoms with Gasteiger partial charge in [-0.2, -0.15) is 11.8 Å². The first-order valence-corrected chi connectivity index (χ1v) is 5.31. The summed E-state index contributed by atoms with van der Waals surface area (Å²) in [5, 5.41) is 0. The Bertz CT molecular complexity index is 195. The second kappa shape index (κ2) is 3.26. The number of carbonyl (C=O) groups is 1. The second-order valence-corrected chi connectivity index (χ2v) is 4.29. The first-order valence-electron chi connectivity index (χ1n) is 4.16. The van der Waals surface area contributed by atoms with Crippen molar-refractivity contribution in [3.63, 3.8) is 0 Å². The third-order valence-electron chi connectivity index (χ3n) is 2.18. The van der Waals surface area contributed by atoms with Crippen LogP contribution in [0.4, 0.5) is 0 Å². The minimum atomic E-state index is -0.193. The quantitative estimate of drug-likeness (QED) is 0.571. The maximum Gasteiger partial charge on any atom is 0.302 e. The molecule has 2 heterocycles. The molecule has 4 heteroatoms. The van der Waals surface area contributed by atoms with E-state index in [1.165, 1.54) is 6.92 Å². The summed E-state index contributed by atoms with van der Waals surface area (Å²) >= 11 is 1.89. The highest BCUT2D eigenvalue weighted by Gasteiger charge is 2.40. The first-order chi connectivity index (χ1) is 5.75. The van der Waals surface area contributed by atoms with E-state index in [1.807, 2.05) is 11.8 Å². The summed E-state index contributed by atoms with van der Waals surface area (Å²) in [6.07, 6.45) is 1.37. The Morgan fingerprint density at radius 3 is 3.08 bits per heavy atom. The van der Waals surface area contributed by atoms with Gasteiger partial charge in [-0.3, -0.25) is 4.79 Å². The number of thioether (sulfide) groups is 1. The molecule has 2 rings (SSSR count). The molecule has 0 unspecified atom stereocenters. The summed E-state index contributed by atoms with van der Waals surface area (Å²) in [7, 11) is 0. The maximum atomic E-state index is 10.7. The lowest BCUT2D eigenvalue weighted by atomic mass is 10.2. The largest absolute Gasteiger partial charge is 0.460 e. The monoisotopic (exact) mass is 188 g/mol. The Balaban J connectivity index is 1.95. The van der Waals surface area contributed by atoms with E-state index in [2.05, 4.69) is 0 Å². The third-order valence-corrected chi connectivity index (χ3v) is 3.35. The van der Waals surface area contributed by atoms with Gasteiger partial charge in [-0.15, -0.1) is 0 Å². The molecule has 2 saturated heterocycles. The van der Waals surface area contributed by atoms with Crippen molar-refractivity contribution >= 4 is 17.7 Å². The summed E-state index contributed by atoms with van der Waals surface area (Å²) in [4.78, 5) is 10.7. The highest BCUT2D eigenvalue weighted by Crippen LogP contribution is 2.32. The van der Waals surface area contributed by atoms with Gasteiger partial charge < -0.3 is 9.47 Å². The van der Waals surface area contributed by atoms with Gasteiger partial charge in [-0.1, -0.05) is 0 Å². The lowest BCUT2D eigenvalue weighted by molar-refractivity contribution is -0.148. The predicted molar refractivity (Wildman–Crippen MR) is 46.2 cm³/mol. The smallest absolute Gasteiger partial charge is 0.302 e. The average molecular weight is 188 g/mol. The van der Waals surface area contributed by atoms with Crippen molar-refractivity contribution in [1.29, 1.82) is 0 Å². The lowest BCUT2D eigenvalue weighted by Gasteiger charge is -2.20. The zero-order valence-electron chi connectivity index (χ0n) is 6.99. The van der Waals surface area contributed by atoms with Crippen molar-refractivity contribution < 1.29 is 14.3 Å². The molecule has 0 aromatic heterocycles. The molecule has 3 atom stereocenters. The van der Waals surface area contributed by atoms with Crippen molar-refractivity contribution in [3.05, 3.63) is 0 Å². The van der Waals surface area contributed by atoms with Crippen LogP contribution in [0.1, 0.15) is 13.3 Å². The van der Waals surface area contributed by atoms with Gasteiger partial charge in [0, 0.05) is 24.9 Å². The summed E-state index contributed by atoms with van der Waals surface area (Å²) in [6, 6.07) is 0. The summed E-state index contributed by atoms with van der Waals surface area (Å²) in [6.45, 7) is 1.45. The molecule has 2 fully saturated rings. The molecular weight excluding hydrogens is 176 g/mol. The van der Waals surface area contributed by atoms with Crippen molar-refractivity contribution in [3.8, 4) is 0 Å². The molecule has 2 bridgehead atoms. The summed E-state index contributed by atoms with van der Waals surface area (Å²) < 4.78 is 10.8. The van der Waals surface area contributed by atoms with Crippen LogP contribution in [0, 0.1) is 0 Å². The Morgan fingerprint density at radius 2 is 2.42 bits per heavy atom. The van der Waals surface area contributed by atoms with Gasteiger partial charge in [0.15, 0.2) is 0 Å². The molecule has 2 aliphatic heterocycles. The predicted octanol–water partition coefficient (Wildman–Crippen LogP) is 0.822. The van der Waals surface area contributed by atoms with E-state index in [4.69, 9.17) is 9.47 Å². The molecule has 12 heavy (non-hydrogen) atoms. The molecule has 0 aromatic carbocycles. The second-order valence-electron chi connectivity index (χ2n) is 3.22. The molecule has 0 amide bonds. The lowest BCUT2D eigenvalue weighted by Crippen LogP contribution is -2.29. The van der Waals surface area contributed by atoms with Gasteiger partial charge in [0.1, 0.15) is 12.2 Å². The molecule has 0 spiro atoms. The number of rotatable bonds is 1. The highest BCUT2D eigenvalue weighted by atomic mass is 32.2.